The van der Waals surface area contributed by atoms with E-state index in [1.807, 2.05) is 39.8 Å². The largest absolute Gasteiger partial charge is 0.447 e. The van der Waals surface area contributed by atoms with Crippen LogP contribution in [0.5, 0.6) is 0 Å². The SMILES string of the molecule is [C-]#[N+]C1=C[C@]2(C)C3=CC(=O)C4C5CC(C)(C)CC[C@]5(NC(=O)OC(C)C)CC[C@@]4(C)[C@]3(C)CC[C@H]2C(C)(C)C1=O. The lowest BCUT2D eigenvalue weighted by atomic mass is 9.35. The maximum Gasteiger partial charge on any atom is 0.407 e. The van der Waals surface area contributed by atoms with E-state index in [-0.39, 0.29) is 63.5 Å². The average Bonchev–Trinajstić information content (AvgIpc) is 2.83. The number of alkyl carbamates (subject to hydrolysis) is 1. The van der Waals surface area contributed by atoms with E-state index in [0.29, 0.717) is 0 Å². The van der Waals surface area contributed by atoms with Gasteiger partial charge in [0.25, 0.3) is 0 Å². The van der Waals surface area contributed by atoms with Crippen LogP contribution in [0.25, 0.3) is 4.85 Å². The van der Waals surface area contributed by atoms with Crippen LogP contribution < -0.4 is 5.32 Å². The molecule has 6 nitrogen and oxygen atoms in total. The third kappa shape index (κ3) is 3.82. The van der Waals surface area contributed by atoms with Crippen LogP contribution in [0, 0.1) is 51.4 Å². The molecule has 0 aliphatic heterocycles. The van der Waals surface area contributed by atoms with Crippen LogP contribution in [0.4, 0.5) is 4.79 Å². The van der Waals surface area contributed by atoms with Crippen LogP contribution in [0.15, 0.2) is 23.4 Å². The molecule has 7 atom stereocenters. The lowest BCUT2D eigenvalue weighted by Gasteiger charge is -2.69. The molecule has 3 saturated carbocycles. The van der Waals surface area contributed by atoms with E-state index in [2.05, 4.69) is 44.8 Å². The summed E-state index contributed by atoms with van der Waals surface area (Å²) in [6.45, 7) is 26.9. The van der Waals surface area contributed by atoms with Gasteiger partial charge in [0.2, 0.25) is 5.70 Å². The summed E-state index contributed by atoms with van der Waals surface area (Å²) in [7, 11) is 0. The Hall–Kier alpha value is -2.42. The van der Waals surface area contributed by atoms with E-state index in [1.54, 1.807) is 0 Å². The van der Waals surface area contributed by atoms with Gasteiger partial charge in [-0.25, -0.2) is 9.64 Å². The van der Waals surface area contributed by atoms with Gasteiger partial charge in [0.15, 0.2) is 11.6 Å². The highest BCUT2D eigenvalue weighted by atomic mass is 16.6. The molecule has 6 heteroatoms. The molecule has 3 fully saturated rings. The van der Waals surface area contributed by atoms with E-state index >= 15 is 0 Å². The van der Waals surface area contributed by atoms with Crippen molar-refractivity contribution in [3.63, 3.8) is 0 Å². The van der Waals surface area contributed by atoms with Gasteiger partial charge in [0.05, 0.1) is 12.7 Å². The third-order valence-corrected chi connectivity index (χ3v) is 12.5. The lowest BCUT2D eigenvalue weighted by Crippen LogP contribution is -2.69. The number of rotatable bonds is 2. The molecule has 218 valence electrons. The number of hydrogen-bond donors (Lipinski definition) is 1. The summed E-state index contributed by atoms with van der Waals surface area (Å²) in [6, 6.07) is 0. The monoisotopic (exact) mass is 548 g/mol. The maximum absolute atomic E-state index is 14.5. The fraction of sp³-hybridized carbons (Fsp3) is 0.765. The van der Waals surface area contributed by atoms with Crippen molar-refractivity contribution in [2.45, 2.75) is 119 Å². The second-order valence-corrected chi connectivity index (χ2v) is 16.0. The van der Waals surface area contributed by atoms with Crippen LogP contribution in [-0.4, -0.2) is 29.3 Å². The molecule has 5 aliphatic rings. The molecule has 0 aromatic rings. The Morgan fingerprint density at radius 1 is 1.02 bits per heavy atom. The standard InChI is InChI=1S/C34H48N2O4/c1-20(2)40-28(39)36-34-15-13-29(3,4)18-21(34)26-23(37)17-25-31(7)19-22(35-10)27(38)30(5,6)24(31)11-12-32(25,8)33(26,9)14-16-34/h17,19-21,24,26H,11-16,18H2,1-9H3,(H,36,39)/t21?,24-,26?,31-,32+,33+,34-/m0/s1. The number of carbonyl (C=O) groups is 3. The van der Waals surface area contributed by atoms with Gasteiger partial charge in [-0.05, 0) is 93.0 Å². The summed E-state index contributed by atoms with van der Waals surface area (Å²) >= 11 is 0. The predicted molar refractivity (Wildman–Crippen MR) is 155 cm³/mol. The number of ether oxygens (including phenoxy) is 1. The molecule has 0 saturated heterocycles. The van der Waals surface area contributed by atoms with Crippen molar-refractivity contribution in [2.24, 2.45) is 44.8 Å². The van der Waals surface area contributed by atoms with Crippen molar-refractivity contribution in [3.8, 4) is 0 Å². The smallest absolute Gasteiger partial charge is 0.407 e. The highest BCUT2D eigenvalue weighted by Gasteiger charge is 2.70. The Labute approximate surface area is 240 Å². The predicted octanol–water partition coefficient (Wildman–Crippen LogP) is 7.45. The maximum atomic E-state index is 14.5. The molecule has 5 rings (SSSR count). The molecule has 1 N–H and O–H groups in total. The Bertz CT molecular complexity index is 1270. The molecule has 0 aromatic heterocycles. The number of ketones is 2. The first kappa shape index (κ1) is 29.1. The van der Waals surface area contributed by atoms with E-state index in [4.69, 9.17) is 11.3 Å². The molecule has 40 heavy (non-hydrogen) atoms. The van der Waals surface area contributed by atoms with E-state index < -0.39 is 16.4 Å². The molecular formula is C34H48N2O4. The zero-order chi connectivity index (χ0) is 29.7. The van der Waals surface area contributed by atoms with Gasteiger partial charge in [-0.3, -0.25) is 4.79 Å². The minimum atomic E-state index is -0.665. The minimum absolute atomic E-state index is 0.0149. The molecule has 5 aliphatic carbocycles. The number of Topliss-reactive ketones (excluding diaryl/α,β-unsaturated/α-hetero) is 1. The van der Waals surface area contributed by atoms with Crippen molar-refractivity contribution < 1.29 is 19.1 Å². The van der Waals surface area contributed by atoms with Crippen molar-refractivity contribution in [1.29, 1.82) is 0 Å². The molecule has 0 spiro atoms. The van der Waals surface area contributed by atoms with Gasteiger partial charge in [0, 0.05) is 22.3 Å². The summed E-state index contributed by atoms with van der Waals surface area (Å²) in [5.41, 5.74) is -0.828. The molecule has 1 amide bonds. The quantitative estimate of drug-likeness (QED) is 0.364. The first-order valence-electron chi connectivity index (χ1n) is 15.3. The van der Waals surface area contributed by atoms with Crippen LogP contribution in [0.2, 0.25) is 0 Å². The highest BCUT2D eigenvalue weighted by molar-refractivity contribution is 6.03. The molecule has 2 unspecified atom stereocenters. The van der Waals surface area contributed by atoms with Gasteiger partial charge in [-0.2, -0.15) is 0 Å². The second-order valence-electron chi connectivity index (χ2n) is 16.0. The normalized spacial score (nSPS) is 43.2. The van der Waals surface area contributed by atoms with E-state index in [9.17, 15) is 14.4 Å². The Kier molecular flexibility index (Phi) is 6.39. The summed E-state index contributed by atoms with van der Waals surface area (Å²) in [5, 5.41) is 3.33. The fourth-order valence-corrected chi connectivity index (χ4v) is 10.3. The van der Waals surface area contributed by atoms with Gasteiger partial charge >= 0.3 is 6.09 Å². The van der Waals surface area contributed by atoms with E-state index in [1.165, 1.54) is 0 Å². The topological polar surface area (TPSA) is 76.8 Å². The van der Waals surface area contributed by atoms with Crippen molar-refractivity contribution in [1.82, 2.24) is 5.32 Å². The molecule has 0 radical (unpaired) electrons. The summed E-state index contributed by atoms with van der Waals surface area (Å²) in [5.74, 6) is -0.0893. The molecule has 0 aromatic carbocycles. The number of allylic oxidation sites excluding steroid dienone is 4. The van der Waals surface area contributed by atoms with Crippen molar-refractivity contribution in [2.75, 3.05) is 0 Å². The Morgan fingerprint density at radius 2 is 1.68 bits per heavy atom. The summed E-state index contributed by atoms with van der Waals surface area (Å²) in [6.07, 6.45) is 9.39. The zero-order valence-corrected chi connectivity index (χ0v) is 26.0. The number of hydrogen-bond acceptors (Lipinski definition) is 4. The second kappa shape index (κ2) is 8.79. The molecule has 0 bridgehead atoms. The average molecular weight is 549 g/mol. The first-order valence-corrected chi connectivity index (χ1v) is 15.3. The number of nitrogens with one attached hydrogen (secondary N) is 1. The van der Waals surface area contributed by atoms with Gasteiger partial charge in [-0.1, -0.05) is 60.1 Å². The highest BCUT2D eigenvalue weighted by Crippen LogP contribution is 2.73. The number of carbonyl (C=O) groups excluding carboxylic acids is 3. The Morgan fingerprint density at radius 3 is 2.30 bits per heavy atom. The van der Waals surface area contributed by atoms with E-state index in [0.717, 1.165) is 50.5 Å². The summed E-state index contributed by atoms with van der Waals surface area (Å²) < 4.78 is 5.56. The minimum Gasteiger partial charge on any atom is -0.447 e. The molecular weight excluding hydrogens is 500 g/mol. The van der Waals surface area contributed by atoms with Crippen LogP contribution in [-0.2, 0) is 14.3 Å². The molecule has 0 heterocycles. The fourth-order valence-electron chi connectivity index (χ4n) is 10.3. The van der Waals surface area contributed by atoms with Crippen molar-refractivity contribution >= 4 is 17.7 Å². The lowest BCUT2D eigenvalue weighted by molar-refractivity contribution is -0.161. The first-order chi connectivity index (χ1) is 18.4. The zero-order valence-electron chi connectivity index (χ0n) is 26.0. The van der Waals surface area contributed by atoms with Crippen LogP contribution in [0.3, 0.4) is 0 Å². The summed E-state index contributed by atoms with van der Waals surface area (Å²) in [4.78, 5) is 44.5. The number of amides is 1. The van der Waals surface area contributed by atoms with Gasteiger partial charge in [-0.15, -0.1) is 0 Å². The van der Waals surface area contributed by atoms with Gasteiger partial charge in [0.1, 0.15) is 0 Å². The Balaban J connectivity index is 1.64. The number of fused-ring (bicyclic) bond motifs is 7. The van der Waals surface area contributed by atoms with Crippen LogP contribution >= 0.6 is 0 Å². The number of nitrogens with zero attached hydrogens (tertiary/aromatic N) is 1. The third-order valence-electron chi connectivity index (χ3n) is 12.5. The van der Waals surface area contributed by atoms with Crippen molar-refractivity contribution in [3.05, 3.63) is 34.8 Å². The van der Waals surface area contributed by atoms with Gasteiger partial charge < -0.3 is 14.8 Å². The van der Waals surface area contributed by atoms with Crippen LogP contribution in [0.1, 0.15) is 107 Å².